The molecule has 1 aromatic heterocycles. The minimum atomic E-state index is -0.353. The van der Waals surface area contributed by atoms with E-state index in [9.17, 15) is 9.59 Å². The molecule has 2 amide bonds. The Morgan fingerprint density at radius 3 is 3.00 bits per heavy atom. The Hall–Kier alpha value is -1.99. The fourth-order valence-electron chi connectivity index (χ4n) is 3.41. The molecule has 0 aromatic carbocycles. The van der Waals surface area contributed by atoms with Gasteiger partial charge in [-0.15, -0.1) is 0 Å². The summed E-state index contributed by atoms with van der Waals surface area (Å²) in [5.74, 6) is -0.135. The number of piperidine rings is 1. The molecule has 0 saturated carbocycles. The maximum Gasteiger partial charge on any atom is 0.254 e. The Kier molecular flexibility index (Phi) is 5.11. The summed E-state index contributed by atoms with van der Waals surface area (Å²) in [5, 5.41) is 2.54. The second-order valence-electron chi connectivity index (χ2n) is 6.37. The van der Waals surface area contributed by atoms with Gasteiger partial charge < -0.3 is 19.7 Å². The van der Waals surface area contributed by atoms with Crippen LogP contribution in [0.3, 0.4) is 0 Å². The van der Waals surface area contributed by atoms with Gasteiger partial charge in [-0.05, 0) is 25.0 Å². The van der Waals surface area contributed by atoms with Crippen LogP contribution in [0.1, 0.15) is 29.6 Å². The molecule has 2 saturated heterocycles. The average molecular weight is 333 g/mol. The van der Waals surface area contributed by atoms with Crippen molar-refractivity contribution in [3.8, 4) is 0 Å². The number of amides is 2. The standard InChI is InChI=1S/C17H23N3O4/c1-18-15(21)11-23-14-9-17(24-10-14)5-2-8-20(12-17)16(22)13-3-6-19-7-4-13/h3-4,6-7,14H,2,5,8-12H2,1H3,(H,18,21)/t14-,17-/m0/s1. The van der Waals surface area contributed by atoms with Gasteiger partial charge in [0.25, 0.3) is 5.91 Å². The zero-order valence-electron chi connectivity index (χ0n) is 13.9. The van der Waals surface area contributed by atoms with Crippen molar-refractivity contribution < 1.29 is 19.1 Å². The van der Waals surface area contributed by atoms with Crippen LogP contribution >= 0.6 is 0 Å². The van der Waals surface area contributed by atoms with E-state index in [0.717, 1.165) is 19.4 Å². The van der Waals surface area contributed by atoms with Crippen LogP contribution in [0.25, 0.3) is 0 Å². The van der Waals surface area contributed by atoms with Crippen LogP contribution in [0, 0.1) is 0 Å². The lowest BCUT2D eigenvalue weighted by atomic mass is 9.89. The molecule has 0 bridgehead atoms. The number of carbonyl (C=O) groups is 2. The van der Waals surface area contributed by atoms with Crippen molar-refractivity contribution in [2.24, 2.45) is 0 Å². The maximum absolute atomic E-state index is 12.6. The Labute approximate surface area is 141 Å². The number of carbonyl (C=O) groups excluding carboxylic acids is 2. The Bertz CT molecular complexity index is 595. The number of nitrogens with one attached hydrogen (secondary N) is 1. The van der Waals surface area contributed by atoms with E-state index in [1.165, 1.54) is 0 Å². The Morgan fingerprint density at radius 1 is 1.46 bits per heavy atom. The predicted molar refractivity (Wildman–Crippen MR) is 86.5 cm³/mol. The van der Waals surface area contributed by atoms with Crippen molar-refractivity contribution in [2.75, 3.05) is 33.4 Å². The molecule has 2 atom stereocenters. The van der Waals surface area contributed by atoms with E-state index in [0.29, 0.717) is 25.1 Å². The smallest absolute Gasteiger partial charge is 0.254 e. The fourth-order valence-corrected chi connectivity index (χ4v) is 3.41. The Morgan fingerprint density at radius 2 is 2.25 bits per heavy atom. The number of hydrogen-bond acceptors (Lipinski definition) is 5. The SMILES string of the molecule is CNC(=O)CO[C@@H]1CO[C@@]2(CCCN(C(=O)c3ccncc3)C2)C1. The Balaban J connectivity index is 1.59. The zero-order valence-corrected chi connectivity index (χ0v) is 13.9. The highest BCUT2D eigenvalue weighted by atomic mass is 16.6. The van der Waals surface area contributed by atoms with E-state index in [-0.39, 0.29) is 30.1 Å². The largest absolute Gasteiger partial charge is 0.370 e. The third-order valence-corrected chi connectivity index (χ3v) is 4.66. The quantitative estimate of drug-likeness (QED) is 0.873. The van der Waals surface area contributed by atoms with Crippen LogP contribution < -0.4 is 5.32 Å². The summed E-state index contributed by atoms with van der Waals surface area (Å²) in [5.41, 5.74) is 0.293. The highest BCUT2D eigenvalue weighted by Crippen LogP contribution is 2.36. The summed E-state index contributed by atoms with van der Waals surface area (Å²) in [7, 11) is 1.59. The molecule has 1 aromatic rings. The number of aromatic nitrogens is 1. The first-order valence-electron chi connectivity index (χ1n) is 8.27. The number of likely N-dealkylation sites (N-methyl/N-ethyl adjacent to an activating group) is 1. The molecule has 0 radical (unpaired) electrons. The van der Waals surface area contributed by atoms with Crippen LogP contribution in [0.4, 0.5) is 0 Å². The first-order chi connectivity index (χ1) is 11.6. The highest BCUT2D eigenvalue weighted by Gasteiger charge is 2.45. The van der Waals surface area contributed by atoms with E-state index >= 15 is 0 Å². The average Bonchev–Trinajstić information content (AvgIpc) is 3.02. The molecule has 0 aliphatic carbocycles. The van der Waals surface area contributed by atoms with Crippen LogP contribution in [-0.2, 0) is 14.3 Å². The van der Waals surface area contributed by atoms with Crippen molar-refractivity contribution in [1.82, 2.24) is 15.2 Å². The molecular formula is C17H23N3O4. The second kappa shape index (κ2) is 7.27. The lowest BCUT2D eigenvalue weighted by molar-refractivity contribution is -0.127. The van der Waals surface area contributed by atoms with Crippen molar-refractivity contribution >= 4 is 11.8 Å². The second-order valence-corrected chi connectivity index (χ2v) is 6.37. The first-order valence-corrected chi connectivity index (χ1v) is 8.27. The molecule has 2 aliphatic heterocycles. The molecular weight excluding hydrogens is 310 g/mol. The minimum Gasteiger partial charge on any atom is -0.370 e. The van der Waals surface area contributed by atoms with Crippen molar-refractivity contribution in [3.63, 3.8) is 0 Å². The number of pyridine rings is 1. The van der Waals surface area contributed by atoms with Crippen molar-refractivity contribution in [1.29, 1.82) is 0 Å². The monoisotopic (exact) mass is 333 g/mol. The van der Waals surface area contributed by atoms with Crippen LogP contribution in [0.2, 0.25) is 0 Å². The van der Waals surface area contributed by atoms with Gasteiger partial charge in [0.15, 0.2) is 0 Å². The van der Waals surface area contributed by atoms with Gasteiger partial charge in [0.2, 0.25) is 5.91 Å². The van der Waals surface area contributed by atoms with Gasteiger partial charge in [-0.3, -0.25) is 14.6 Å². The summed E-state index contributed by atoms with van der Waals surface area (Å²) in [4.78, 5) is 29.7. The highest BCUT2D eigenvalue weighted by molar-refractivity contribution is 5.94. The molecule has 1 N–H and O–H groups in total. The van der Waals surface area contributed by atoms with Gasteiger partial charge in [-0.2, -0.15) is 0 Å². The van der Waals surface area contributed by atoms with Gasteiger partial charge >= 0.3 is 0 Å². The van der Waals surface area contributed by atoms with Gasteiger partial charge in [-0.25, -0.2) is 0 Å². The number of nitrogens with zero attached hydrogens (tertiary/aromatic N) is 2. The summed E-state index contributed by atoms with van der Waals surface area (Å²) in [6.45, 7) is 1.80. The van der Waals surface area contributed by atoms with Crippen molar-refractivity contribution in [2.45, 2.75) is 31.0 Å². The molecule has 7 nitrogen and oxygen atoms in total. The van der Waals surface area contributed by atoms with Gasteiger partial charge in [0, 0.05) is 38.0 Å². The summed E-state index contributed by atoms with van der Waals surface area (Å²) < 4.78 is 11.6. The number of likely N-dealkylation sites (tertiary alicyclic amines) is 1. The summed E-state index contributed by atoms with van der Waals surface area (Å²) in [6, 6.07) is 3.46. The van der Waals surface area contributed by atoms with E-state index in [4.69, 9.17) is 9.47 Å². The van der Waals surface area contributed by atoms with Gasteiger partial charge in [0.05, 0.1) is 24.9 Å². The molecule has 3 heterocycles. The number of hydrogen-bond donors (Lipinski definition) is 1. The molecule has 2 fully saturated rings. The lowest BCUT2D eigenvalue weighted by Gasteiger charge is -2.39. The molecule has 0 unspecified atom stereocenters. The molecule has 3 rings (SSSR count). The van der Waals surface area contributed by atoms with E-state index in [1.807, 2.05) is 4.90 Å². The number of rotatable bonds is 4. The normalized spacial score (nSPS) is 26.5. The maximum atomic E-state index is 12.6. The van der Waals surface area contributed by atoms with E-state index < -0.39 is 0 Å². The van der Waals surface area contributed by atoms with Crippen molar-refractivity contribution in [3.05, 3.63) is 30.1 Å². The van der Waals surface area contributed by atoms with Gasteiger partial charge in [-0.1, -0.05) is 0 Å². The molecule has 24 heavy (non-hydrogen) atoms. The number of ether oxygens (including phenoxy) is 2. The summed E-state index contributed by atoms with van der Waals surface area (Å²) >= 11 is 0. The predicted octanol–water partition coefficient (Wildman–Crippen LogP) is 0.608. The molecule has 2 aliphatic rings. The topological polar surface area (TPSA) is 80.8 Å². The lowest BCUT2D eigenvalue weighted by Crippen LogP contribution is -2.50. The fraction of sp³-hybridized carbons (Fsp3) is 0.588. The molecule has 130 valence electrons. The third kappa shape index (κ3) is 3.73. The summed E-state index contributed by atoms with van der Waals surface area (Å²) in [6.07, 6.45) is 5.68. The van der Waals surface area contributed by atoms with E-state index in [1.54, 1.807) is 31.6 Å². The first kappa shape index (κ1) is 16.9. The zero-order chi connectivity index (χ0) is 17.0. The van der Waals surface area contributed by atoms with Crippen LogP contribution in [0.5, 0.6) is 0 Å². The van der Waals surface area contributed by atoms with Crippen LogP contribution in [0.15, 0.2) is 24.5 Å². The third-order valence-electron chi connectivity index (χ3n) is 4.66. The van der Waals surface area contributed by atoms with Crippen LogP contribution in [-0.4, -0.2) is 66.8 Å². The van der Waals surface area contributed by atoms with Gasteiger partial charge in [0.1, 0.15) is 6.61 Å². The molecule has 7 heteroatoms. The molecule has 1 spiro atoms. The van der Waals surface area contributed by atoms with E-state index in [2.05, 4.69) is 10.3 Å². The minimum absolute atomic E-state index is 0.00908.